The van der Waals surface area contributed by atoms with E-state index in [-0.39, 0.29) is 17.9 Å². The van der Waals surface area contributed by atoms with Crippen LogP contribution in [0.4, 0.5) is 0 Å². The van der Waals surface area contributed by atoms with Gasteiger partial charge in [-0.25, -0.2) is 0 Å². The van der Waals surface area contributed by atoms with Gasteiger partial charge in [-0.3, -0.25) is 4.79 Å². The van der Waals surface area contributed by atoms with Crippen molar-refractivity contribution in [2.45, 2.75) is 50.4 Å². The number of carbonyl (C=O) groups is 1. The maximum atomic E-state index is 12.4. The molecular weight excluding hydrogens is 260 g/mol. The van der Waals surface area contributed by atoms with E-state index in [2.05, 4.69) is 24.5 Å². The van der Waals surface area contributed by atoms with Crippen molar-refractivity contribution in [2.24, 2.45) is 5.92 Å². The first-order valence-corrected chi connectivity index (χ1v) is 8.54. The molecule has 19 heavy (non-hydrogen) atoms. The molecule has 0 spiro atoms. The van der Waals surface area contributed by atoms with Crippen LogP contribution in [0.25, 0.3) is 0 Å². The van der Waals surface area contributed by atoms with E-state index in [0.29, 0.717) is 24.5 Å². The number of carbonyl (C=O) groups excluding carboxylic acids is 1. The molecule has 2 fully saturated rings. The van der Waals surface area contributed by atoms with E-state index in [1.807, 2.05) is 11.8 Å². The number of hydrogen-bond acceptors (Lipinski definition) is 4. The molecule has 0 bridgehead atoms. The zero-order chi connectivity index (χ0) is 13.7. The Morgan fingerprint density at radius 2 is 2.11 bits per heavy atom. The first-order valence-electron chi connectivity index (χ1n) is 7.49. The van der Waals surface area contributed by atoms with Crippen molar-refractivity contribution in [2.75, 3.05) is 25.5 Å². The molecule has 4 nitrogen and oxygen atoms in total. The monoisotopic (exact) mass is 286 g/mol. The third kappa shape index (κ3) is 3.86. The Morgan fingerprint density at radius 1 is 1.26 bits per heavy atom. The zero-order valence-corrected chi connectivity index (χ0v) is 12.8. The summed E-state index contributed by atoms with van der Waals surface area (Å²) >= 11 is 1.98. The third-order valence-electron chi connectivity index (χ3n) is 4.04. The lowest BCUT2D eigenvalue weighted by molar-refractivity contribution is -0.126. The molecule has 4 unspecified atom stereocenters. The van der Waals surface area contributed by atoms with Gasteiger partial charge in [0.05, 0.1) is 19.1 Å². The molecule has 4 atom stereocenters. The van der Waals surface area contributed by atoms with Gasteiger partial charge in [0.15, 0.2) is 0 Å². The normalized spacial score (nSPS) is 34.6. The smallest absolute Gasteiger partial charge is 0.227 e. The van der Waals surface area contributed by atoms with E-state index in [1.54, 1.807) is 0 Å². The van der Waals surface area contributed by atoms with Crippen LogP contribution in [0.3, 0.4) is 0 Å². The minimum Gasteiger partial charge on any atom is -0.379 e. The first-order chi connectivity index (χ1) is 9.26. The molecule has 1 saturated carbocycles. The van der Waals surface area contributed by atoms with Gasteiger partial charge in [-0.1, -0.05) is 20.3 Å². The average molecular weight is 286 g/mol. The predicted molar refractivity (Wildman–Crippen MR) is 79.5 cm³/mol. The van der Waals surface area contributed by atoms with Crippen LogP contribution in [0.15, 0.2) is 0 Å². The van der Waals surface area contributed by atoms with Crippen molar-refractivity contribution >= 4 is 17.7 Å². The van der Waals surface area contributed by atoms with Crippen molar-refractivity contribution in [3.05, 3.63) is 0 Å². The molecule has 1 aliphatic heterocycles. The third-order valence-corrected chi connectivity index (χ3v) is 5.37. The number of thioether (sulfide) groups is 1. The summed E-state index contributed by atoms with van der Waals surface area (Å²) in [5, 5.41) is 7.22. The summed E-state index contributed by atoms with van der Waals surface area (Å²) in [5.74, 6) is 1.29. The number of likely N-dealkylation sites (N-methyl/N-ethyl adjacent to an activating group) is 1. The highest BCUT2D eigenvalue weighted by Gasteiger charge is 2.36. The van der Waals surface area contributed by atoms with Gasteiger partial charge in [0.25, 0.3) is 0 Å². The molecule has 2 N–H and O–H groups in total. The van der Waals surface area contributed by atoms with Crippen LogP contribution in [0.1, 0.15) is 33.1 Å². The van der Waals surface area contributed by atoms with Gasteiger partial charge < -0.3 is 15.4 Å². The van der Waals surface area contributed by atoms with E-state index in [9.17, 15) is 4.79 Å². The molecular formula is C14H26N2O2S. The lowest BCUT2D eigenvalue weighted by Crippen LogP contribution is -2.48. The van der Waals surface area contributed by atoms with Gasteiger partial charge in [0.1, 0.15) is 0 Å². The predicted octanol–water partition coefficient (Wildman–Crippen LogP) is 1.40. The molecule has 2 aliphatic rings. The SMILES string of the molecule is CCNC1COCC1C(=O)NC1CCCC1SCC. The molecule has 1 heterocycles. The van der Waals surface area contributed by atoms with Crippen LogP contribution in [0, 0.1) is 5.92 Å². The number of nitrogens with one attached hydrogen (secondary N) is 2. The summed E-state index contributed by atoms with van der Waals surface area (Å²) in [4.78, 5) is 12.4. The molecule has 0 radical (unpaired) electrons. The summed E-state index contributed by atoms with van der Waals surface area (Å²) in [6.07, 6.45) is 3.60. The topological polar surface area (TPSA) is 50.4 Å². The second kappa shape index (κ2) is 7.50. The zero-order valence-electron chi connectivity index (χ0n) is 12.0. The first kappa shape index (κ1) is 15.1. The van der Waals surface area contributed by atoms with Crippen molar-refractivity contribution in [1.29, 1.82) is 0 Å². The van der Waals surface area contributed by atoms with Crippen molar-refractivity contribution < 1.29 is 9.53 Å². The highest BCUT2D eigenvalue weighted by Crippen LogP contribution is 2.30. The van der Waals surface area contributed by atoms with Crippen LogP contribution in [-0.4, -0.2) is 48.8 Å². The summed E-state index contributed by atoms with van der Waals surface area (Å²) in [5.41, 5.74) is 0. The van der Waals surface area contributed by atoms with Crippen molar-refractivity contribution in [1.82, 2.24) is 10.6 Å². The van der Waals surface area contributed by atoms with Crippen LogP contribution < -0.4 is 10.6 Å². The minimum absolute atomic E-state index is 0.0205. The van der Waals surface area contributed by atoms with Gasteiger partial charge in [-0.2, -0.15) is 11.8 Å². The van der Waals surface area contributed by atoms with Crippen LogP contribution in [-0.2, 0) is 9.53 Å². The fraction of sp³-hybridized carbons (Fsp3) is 0.929. The van der Waals surface area contributed by atoms with E-state index in [0.717, 1.165) is 18.7 Å². The van der Waals surface area contributed by atoms with Crippen LogP contribution in [0.5, 0.6) is 0 Å². The molecule has 1 aliphatic carbocycles. The summed E-state index contributed by atoms with van der Waals surface area (Å²) < 4.78 is 5.45. The van der Waals surface area contributed by atoms with Gasteiger partial charge in [-0.05, 0) is 25.1 Å². The highest BCUT2D eigenvalue weighted by molar-refractivity contribution is 7.99. The number of hydrogen-bond donors (Lipinski definition) is 2. The molecule has 1 amide bonds. The molecule has 110 valence electrons. The average Bonchev–Trinajstić information content (AvgIpc) is 3.00. The number of ether oxygens (including phenoxy) is 1. The maximum absolute atomic E-state index is 12.4. The maximum Gasteiger partial charge on any atom is 0.227 e. The lowest BCUT2D eigenvalue weighted by atomic mass is 10.0. The molecule has 0 aromatic carbocycles. The Hall–Kier alpha value is -0.260. The Bertz CT molecular complexity index is 301. The molecule has 2 rings (SSSR count). The van der Waals surface area contributed by atoms with Crippen LogP contribution >= 0.6 is 11.8 Å². The van der Waals surface area contributed by atoms with E-state index >= 15 is 0 Å². The summed E-state index contributed by atoms with van der Waals surface area (Å²) in [6, 6.07) is 0.545. The number of amides is 1. The standard InChI is InChI=1S/C14H26N2O2S/c1-3-15-12-9-18-8-10(12)14(17)16-11-6-5-7-13(11)19-4-2/h10-13,15H,3-9H2,1-2H3,(H,16,17). The highest BCUT2D eigenvalue weighted by atomic mass is 32.2. The fourth-order valence-electron chi connectivity index (χ4n) is 3.07. The Labute approximate surface area is 120 Å². The number of rotatable bonds is 6. The molecule has 0 aromatic heterocycles. The Balaban J connectivity index is 1.86. The largest absolute Gasteiger partial charge is 0.379 e. The molecule has 5 heteroatoms. The summed E-state index contributed by atoms with van der Waals surface area (Å²) in [7, 11) is 0. The Kier molecular flexibility index (Phi) is 5.98. The van der Waals surface area contributed by atoms with Gasteiger partial charge in [-0.15, -0.1) is 0 Å². The lowest BCUT2D eigenvalue weighted by Gasteiger charge is -2.24. The van der Waals surface area contributed by atoms with Gasteiger partial charge in [0.2, 0.25) is 5.91 Å². The fourth-order valence-corrected chi connectivity index (χ4v) is 4.27. The minimum atomic E-state index is -0.0205. The second-order valence-electron chi connectivity index (χ2n) is 5.35. The van der Waals surface area contributed by atoms with E-state index < -0.39 is 0 Å². The second-order valence-corrected chi connectivity index (χ2v) is 6.86. The van der Waals surface area contributed by atoms with Crippen molar-refractivity contribution in [3.8, 4) is 0 Å². The van der Waals surface area contributed by atoms with Gasteiger partial charge in [0, 0.05) is 17.3 Å². The van der Waals surface area contributed by atoms with Crippen molar-refractivity contribution in [3.63, 3.8) is 0 Å². The van der Waals surface area contributed by atoms with E-state index in [1.165, 1.54) is 12.8 Å². The van der Waals surface area contributed by atoms with E-state index in [4.69, 9.17) is 4.74 Å². The Morgan fingerprint density at radius 3 is 2.84 bits per heavy atom. The molecule has 1 saturated heterocycles. The quantitative estimate of drug-likeness (QED) is 0.775. The van der Waals surface area contributed by atoms with Crippen LogP contribution in [0.2, 0.25) is 0 Å². The molecule has 0 aromatic rings. The van der Waals surface area contributed by atoms with Gasteiger partial charge >= 0.3 is 0 Å². The summed E-state index contributed by atoms with van der Waals surface area (Å²) in [6.45, 7) is 6.35.